The minimum Gasteiger partial charge on any atom is -0.462 e. The van der Waals surface area contributed by atoms with Crippen molar-refractivity contribution in [3.8, 4) is 0 Å². The third kappa shape index (κ3) is 3.65. The number of carbonyl (C=O) groups is 1. The largest absolute Gasteiger partial charge is 0.462 e. The number of thioether (sulfide) groups is 1. The SMILES string of the molecule is CCOC(=O)c1csc2nc(SCc3ccccc3)nc(Cl)c12. The summed E-state index contributed by atoms with van der Waals surface area (Å²) in [6.45, 7) is 2.09. The summed E-state index contributed by atoms with van der Waals surface area (Å²) in [5, 5.41) is 3.17. The molecule has 0 atom stereocenters. The highest BCUT2D eigenvalue weighted by atomic mass is 35.5. The summed E-state index contributed by atoms with van der Waals surface area (Å²) in [5.74, 6) is 0.368. The molecule has 2 heterocycles. The normalized spacial score (nSPS) is 10.9. The second-order valence-electron chi connectivity index (χ2n) is 4.62. The Hall–Kier alpha value is -1.63. The van der Waals surface area contributed by atoms with Gasteiger partial charge in [-0.1, -0.05) is 53.7 Å². The fraction of sp³-hybridized carbons (Fsp3) is 0.188. The standard InChI is InChI=1S/C16H13ClN2O2S2/c1-2-21-15(20)11-9-22-14-12(11)13(17)18-16(19-14)23-8-10-6-4-3-5-7-10/h3-7,9H,2,8H2,1H3. The van der Waals surface area contributed by atoms with Crippen molar-refractivity contribution < 1.29 is 9.53 Å². The molecule has 0 saturated heterocycles. The van der Waals surface area contributed by atoms with Gasteiger partial charge in [0, 0.05) is 11.1 Å². The van der Waals surface area contributed by atoms with Crippen LogP contribution in [0.5, 0.6) is 0 Å². The Balaban J connectivity index is 1.86. The molecule has 0 spiro atoms. The van der Waals surface area contributed by atoms with Crippen molar-refractivity contribution in [1.29, 1.82) is 0 Å². The summed E-state index contributed by atoms with van der Waals surface area (Å²) in [5.41, 5.74) is 1.62. The number of halogens is 1. The number of fused-ring (bicyclic) bond motifs is 1. The smallest absolute Gasteiger partial charge is 0.339 e. The van der Waals surface area contributed by atoms with Gasteiger partial charge >= 0.3 is 5.97 Å². The highest BCUT2D eigenvalue weighted by molar-refractivity contribution is 7.98. The minimum atomic E-state index is -0.395. The summed E-state index contributed by atoms with van der Waals surface area (Å²) in [6, 6.07) is 10.1. The molecule has 0 amide bonds. The minimum absolute atomic E-state index is 0.287. The van der Waals surface area contributed by atoms with Gasteiger partial charge in [0.25, 0.3) is 0 Å². The van der Waals surface area contributed by atoms with Crippen LogP contribution in [0.2, 0.25) is 5.15 Å². The lowest BCUT2D eigenvalue weighted by Gasteiger charge is -2.04. The molecule has 0 aliphatic heterocycles. The van der Waals surface area contributed by atoms with Crippen LogP contribution in [-0.2, 0) is 10.5 Å². The van der Waals surface area contributed by atoms with Crippen LogP contribution in [-0.4, -0.2) is 22.5 Å². The Morgan fingerprint density at radius 2 is 2.09 bits per heavy atom. The zero-order valence-corrected chi connectivity index (χ0v) is 14.7. The maximum atomic E-state index is 11.9. The van der Waals surface area contributed by atoms with E-state index in [0.29, 0.717) is 27.5 Å². The van der Waals surface area contributed by atoms with E-state index in [2.05, 4.69) is 22.1 Å². The van der Waals surface area contributed by atoms with Gasteiger partial charge in [0.2, 0.25) is 0 Å². The van der Waals surface area contributed by atoms with E-state index < -0.39 is 5.97 Å². The molecule has 3 rings (SSSR count). The van der Waals surface area contributed by atoms with Gasteiger partial charge in [-0.2, -0.15) is 0 Å². The molecule has 0 unspecified atom stereocenters. The van der Waals surface area contributed by atoms with Crippen LogP contribution >= 0.6 is 34.7 Å². The lowest BCUT2D eigenvalue weighted by Crippen LogP contribution is -2.04. The van der Waals surface area contributed by atoms with E-state index in [1.54, 1.807) is 12.3 Å². The van der Waals surface area contributed by atoms with Crippen LogP contribution in [0, 0.1) is 0 Å². The number of ether oxygens (including phenoxy) is 1. The molecular weight excluding hydrogens is 352 g/mol. The van der Waals surface area contributed by atoms with Crippen molar-refractivity contribution >= 4 is 50.9 Å². The Morgan fingerprint density at radius 3 is 2.83 bits per heavy atom. The predicted octanol–water partition coefficient (Wildman–Crippen LogP) is 4.81. The number of nitrogens with zero attached hydrogens (tertiary/aromatic N) is 2. The zero-order valence-electron chi connectivity index (χ0n) is 12.3. The van der Waals surface area contributed by atoms with E-state index in [9.17, 15) is 4.79 Å². The molecule has 23 heavy (non-hydrogen) atoms. The first-order chi connectivity index (χ1) is 11.2. The fourth-order valence-corrected chi connectivity index (χ4v) is 4.17. The Morgan fingerprint density at radius 1 is 1.30 bits per heavy atom. The van der Waals surface area contributed by atoms with Crippen LogP contribution in [0.1, 0.15) is 22.8 Å². The molecule has 2 aromatic heterocycles. The second-order valence-corrected chi connectivity index (χ2v) is 6.78. The van der Waals surface area contributed by atoms with Gasteiger partial charge in [-0.3, -0.25) is 0 Å². The van der Waals surface area contributed by atoms with E-state index in [0.717, 1.165) is 5.75 Å². The van der Waals surface area contributed by atoms with Crippen molar-refractivity contribution in [3.05, 3.63) is 52.0 Å². The summed E-state index contributed by atoms with van der Waals surface area (Å²) < 4.78 is 5.03. The van der Waals surface area contributed by atoms with E-state index in [-0.39, 0.29) is 5.15 Å². The monoisotopic (exact) mass is 364 g/mol. The molecular formula is C16H13ClN2O2S2. The van der Waals surface area contributed by atoms with Crippen molar-refractivity contribution in [2.24, 2.45) is 0 Å². The number of aromatic nitrogens is 2. The molecule has 0 N–H and O–H groups in total. The van der Waals surface area contributed by atoms with Gasteiger partial charge in [0.05, 0.1) is 17.6 Å². The first-order valence-corrected chi connectivity index (χ1v) is 9.22. The summed E-state index contributed by atoms with van der Waals surface area (Å²) in [7, 11) is 0. The highest BCUT2D eigenvalue weighted by Crippen LogP contribution is 2.32. The molecule has 0 fully saturated rings. The van der Waals surface area contributed by atoms with Gasteiger partial charge in [-0.15, -0.1) is 11.3 Å². The Bertz CT molecular complexity index is 837. The van der Waals surface area contributed by atoms with Crippen LogP contribution in [0.4, 0.5) is 0 Å². The topological polar surface area (TPSA) is 52.1 Å². The lowest BCUT2D eigenvalue weighted by atomic mass is 10.2. The van der Waals surface area contributed by atoms with Gasteiger partial charge in [-0.25, -0.2) is 14.8 Å². The molecule has 4 nitrogen and oxygen atoms in total. The zero-order chi connectivity index (χ0) is 16.2. The molecule has 0 aliphatic carbocycles. The number of hydrogen-bond acceptors (Lipinski definition) is 6. The quantitative estimate of drug-likeness (QED) is 0.281. The summed E-state index contributed by atoms with van der Waals surface area (Å²) in [6.07, 6.45) is 0. The van der Waals surface area contributed by atoms with E-state index in [4.69, 9.17) is 16.3 Å². The number of rotatable bonds is 5. The van der Waals surface area contributed by atoms with Crippen LogP contribution < -0.4 is 0 Å². The summed E-state index contributed by atoms with van der Waals surface area (Å²) >= 11 is 9.15. The molecule has 1 aromatic carbocycles. The van der Waals surface area contributed by atoms with Crippen LogP contribution in [0.15, 0.2) is 40.9 Å². The lowest BCUT2D eigenvalue weighted by molar-refractivity contribution is 0.0529. The van der Waals surface area contributed by atoms with Crippen molar-refractivity contribution in [2.75, 3.05) is 6.61 Å². The third-order valence-corrected chi connectivity index (χ3v) is 5.14. The third-order valence-electron chi connectivity index (χ3n) is 3.08. The Labute approximate surface area is 146 Å². The summed E-state index contributed by atoms with van der Waals surface area (Å²) in [4.78, 5) is 21.4. The maximum Gasteiger partial charge on any atom is 0.339 e. The average Bonchev–Trinajstić information content (AvgIpc) is 2.99. The first-order valence-electron chi connectivity index (χ1n) is 6.97. The van der Waals surface area contributed by atoms with Crippen LogP contribution in [0.3, 0.4) is 0 Å². The number of esters is 1. The molecule has 7 heteroatoms. The van der Waals surface area contributed by atoms with Crippen molar-refractivity contribution in [1.82, 2.24) is 9.97 Å². The van der Waals surface area contributed by atoms with Crippen LogP contribution in [0.25, 0.3) is 10.2 Å². The number of hydrogen-bond donors (Lipinski definition) is 0. The average molecular weight is 365 g/mol. The highest BCUT2D eigenvalue weighted by Gasteiger charge is 2.18. The number of benzene rings is 1. The number of thiophene rings is 1. The van der Waals surface area contributed by atoms with Gasteiger partial charge in [0.1, 0.15) is 9.98 Å². The van der Waals surface area contributed by atoms with Gasteiger partial charge in [-0.05, 0) is 12.5 Å². The van der Waals surface area contributed by atoms with Crippen molar-refractivity contribution in [2.45, 2.75) is 17.8 Å². The first kappa shape index (κ1) is 16.2. The number of carbonyl (C=O) groups excluding carboxylic acids is 1. The fourth-order valence-electron chi connectivity index (χ4n) is 2.03. The molecule has 118 valence electrons. The molecule has 3 aromatic rings. The molecule has 0 radical (unpaired) electrons. The van der Waals surface area contributed by atoms with Gasteiger partial charge in [0.15, 0.2) is 5.16 Å². The van der Waals surface area contributed by atoms with E-state index >= 15 is 0 Å². The molecule has 0 aliphatic rings. The molecule has 0 saturated carbocycles. The van der Waals surface area contributed by atoms with Gasteiger partial charge < -0.3 is 4.74 Å². The van der Waals surface area contributed by atoms with E-state index in [1.807, 2.05) is 18.2 Å². The van der Waals surface area contributed by atoms with E-state index in [1.165, 1.54) is 28.7 Å². The second kappa shape index (κ2) is 7.29. The maximum absolute atomic E-state index is 11.9. The predicted molar refractivity (Wildman–Crippen MR) is 94.4 cm³/mol. The van der Waals surface area contributed by atoms with Crippen molar-refractivity contribution in [3.63, 3.8) is 0 Å². The molecule has 0 bridgehead atoms. The Kier molecular flexibility index (Phi) is 5.15.